The van der Waals surface area contributed by atoms with E-state index in [4.69, 9.17) is 4.74 Å². The Morgan fingerprint density at radius 3 is 2.60 bits per heavy atom. The molecule has 2 aromatic carbocycles. The monoisotopic (exact) mass is 413 g/mol. The van der Waals surface area contributed by atoms with Crippen molar-refractivity contribution < 1.29 is 13.5 Å². The average molecular weight is 413 g/mol. The average Bonchev–Trinajstić information content (AvgIpc) is 3.20. The highest BCUT2D eigenvalue weighted by Gasteiger charge is 2.10. The number of nitrogens with zero attached hydrogens (tertiary/aromatic N) is 4. The summed E-state index contributed by atoms with van der Waals surface area (Å²) in [4.78, 5) is 6.20. The fourth-order valence-electron chi connectivity index (χ4n) is 3.08. The molecule has 3 rings (SSSR count). The molecular formula is C22H25F2N5O. The molecular weight excluding hydrogens is 388 g/mol. The van der Waals surface area contributed by atoms with E-state index in [9.17, 15) is 8.78 Å². The summed E-state index contributed by atoms with van der Waals surface area (Å²) in [6.45, 7) is 1.13. The molecule has 158 valence electrons. The maximum atomic E-state index is 13.9. The van der Waals surface area contributed by atoms with Gasteiger partial charge >= 0.3 is 0 Å². The number of hydrogen-bond acceptors (Lipinski definition) is 3. The summed E-state index contributed by atoms with van der Waals surface area (Å²) in [7, 11) is 5.04. The van der Waals surface area contributed by atoms with E-state index in [2.05, 4.69) is 15.4 Å². The van der Waals surface area contributed by atoms with Crippen LogP contribution < -0.4 is 10.1 Å². The van der Waals surface area contributed by atoms with Gasteiger partial charge in [-0.1, -0.05) is 6.07 Å². The van der Waals surface area contributed by atoms with E-state index in [1.165, 1.54) is 25.3 Å². The smallest absolute Gasteiger partial charge is 0.193 e. The van der Waals surface area contributed by atoms with Crippen LogP contribution in [-0.4, -0.2) is 48.4 Å². The molecule has 1 aromatic heterocycles. The molecule has 0 unspecified atom stereocenters. The standard InChI is InChI=1S/C22H25F2N5O/c1-25-22(28(2)15-16-4-9-21(30-3)20(24)14-16)26-12-10-18-11-13-29(27-18)19-7-5-17(23)6-8-19/h4-9,11,13-14H,10,12,15H2,1-3H3,(H,25,26). The second-order valence-corrected chi connectivity index (χ2v) is 6.78. The number of aliphatic imine (C=N–C) groups is 1. The van der Waals surface area contributed by atoms with Crippen molar-refractivity contribution in [1.82, 2.24) is 20.0 Å². The van der Waals surface area contributed by atoms with E-state index in [0.717, 1.165) is 16.9 Å². The number of methoxy groups -OCH3 is 1. The lowest BCUT2D eigenvalue weighted by Crippen LogP contribution is -2.39. The van der Waals surface area contributed by atoms with Crippen molar-refractivity contribution >= 4 is 5.96 Å². The molecule has 0 bridgehead atoms. The zero-order valence-electron chi connectivity index (χ0n) is 17.3. The van der Waals surface area contributed by atoms with Gasteiger partial charge in [0.25, 0.3) is 0 Å². The Morgan fingerprint density at radius 1 is 1.17 bits per heavy atom. The van der Waals surface area contributed by atoms with Gasteiger partial charge in [0.2, 0.25) is 0 Å². The Kier molecular flexibility index (Phi) is 7.00. The Morgan fingerprint density at radius 2 is 1.93 bits per heavy atom. The van der Waals surface area contributed by atoms with Gasteiger partial charge in [-0.25, -0.2) is 13.5 Å². The maximum absolute atomic E-state index is 13.9. The first-order chi connectivity index (χ1) is 14.5. The maximum Gasteiger partial charge on any atom is 0.193 e. The van der Waals surface area contributed by atoms with Crippen LogP contribution in [0.2, 0.25) is 0 Å². The minimum Gasteiger partial charge on any atom is -0.494 e. The minimum atomic E-state index is -0.386. The molecule has 0 fully saturated rings. The lowest BCUT2D eigenvalue weighted by atomic mass is 10.2. The molecule has 0 saturated carbocycles. The number of benzene rings is 2. The van der Waals surface area contributed by atoms with Crippen LogP contribution in [0.1, 0.15) is 11.3 Å². The molecule has 1 N–H and O–H groups in total. The van der Waals surface area contributed by atoms with Gasteiger partial charge in [-0.15, -0.1) is 0 Å². The topological polar surface area (TPSA) is 54.7 Å². The molecule has 0 atom stereocenters. The summed E-state index contributed by atoms with van der Waals surface area (Å²) >= 11 is 0. The van der Waals surface area contributed by atoms with Crippen LogP contribution in [0.3, 0.4) is 0 Å². The summed E-state index contributed by atoms with van der Waals surface area (Å²) in [5.74, 6) is 0.263. The highest BCUT2D eigenvalue weighted by atomic mass is 19.1. The van der Waals surface area contributed by atoms with Crippen molar-refractivity contribution in [3.05, 3.63) is 77.6 Å². The fourth-order valence-corrected chi connectivity index (χ4v) is 3.08. The number of nitrogens with one attached hydrogen (secondary N) is 1. The Hall–Kier alpha value is -3.42. The first-order valence-corrected chi connectivity index (χ1v) is 9.55. The molecule has 0 spiro atoms. The lowest BCUT2D eigenvalue weighted by molar-refractivity contribution is 0.385. The van der Waals surface area contributed by atoms with Gasteiger partial charge in [0.15, 0.2) is 17.5 Å². The van der Waals surface area contributed by atoms with Crippen LogP contribution in [0.5, 0.6) is 5.75 Å². The normalized spacial score (nSPS) is 11.4. The van der Waals surface area contributed by atoms with Crippen molar-refractivity contribution in [2.75, 3.05) is 27.7 Å². The number of halogens is 2. The molecule has 0 aliphatic carbocycles. The highest BCUT2D eigenvalue weighted by molar-refractivity contribution is 5.79. The third kappa shape index (κ3) is 5.34. The summed E-state index contributed by atoms with van der Waals surface area (Å²) in [5, 5.41) is 7.81. The third-order valence-corrected chi connectivity index (χ3v) is 4.61. The van der Waals surface area contributed by atoms with Crippen LogP contribution in [0.4, 0.5) is 8.78 Å². The number of hydrogen-bond donors (Lipinski definition) is 1. The van der Waals surface area contributed by atoms with Crippen LogP contribution >= 0.6 is 0 Å². The largest absolute Gasteiger partial charge is 0.494 e. The van der Waals surface area contributed by atoms with Gasteiger partial charge in [-0.05, 0) is 48.0 Å². The molecule has 0 radical (unpaired) electrons. The van der Waals surface area contributed by atoms with E-state index in [1.54, 1.807) is 29.9 Å². The summed E-state index contributed by atoms with van der Waals surface area (Å²) < 4.78 is 33.6. The van der Waals surface area contributed by atoms with E-state index < -0.39 is 0 Å². The van der Waals surface area contributed by atoms with Crippen LogP contribution in [0.15, 0.2) is 59.7 Å². The summed E-state index contributed by atoms with van der Waals surface area (Å²) in [6, 6.07) is 13.0. The lowest BCUT2D eigenvalue weighted by Gasteiger charge is -2.22. The van der Waals surface area contributed by atoms with Crippen LogP contribution in [0.25, 0.3) is 5.69 Å². The van der Waals surface area contributed by atoms with Gasteiger partial charge in [0.1, 0.15) is 5.82 Å². The van der Waals surface area contributed by atoms with Gasteiger partial charge in [-0.2, -0.15) is 5.10 Å². The molecule has 0 saturated heterocycles. The summed E-state index contributed by atoms with van der Waals surface area (Å²) in [6.07, 6.45) is 2.54. The zero-order valence-corrected chi connectivity index (χ0v) is 17.3. The molecule has 0 amide bonds. The van der Waals surface area contributed by atoms with Crippen LogP contribution in [0, 0.1) is 11.6 Å². The second kappa shape index (κ2) is 9.87. The van der Waals surface area contributed by atoms with Crippen molar-refractivity contribution in [3.63, 3.8) is 0 Å². The molecule has 3 aromatic rings. The van der Waals surface area contributed by atoms with E-state index >= 15 is 0 Å². The molecule has 0 aliphatic heterocycles. The SMILES string of the molecule is CN=C(NCCc1ccn(-c2ccc(F)cc2)n1)N(C)Cc1ccc(OC)c(F)c1. The van der Waals surface area contributed by atoms with Crippen molar-refractivity contribution in [3.8, 4) is 11.4 Å². The minimum absolute atomic E-state index is 0.226. The predicted molar refractivity (Wildman–Crippen MR) is 113 cm³/mol. The van der Waals surface area contributed by atoms with Crippen molar-refractivity contribution in [2.24, 2.45) is 4.99 Å². The number of guanidine groups is 1. The quantitative estimate of drug-likeness (QED) is 0.477. The van der Waals surface area contributed by atoms with Gasteiger partial charge in [-0.3, -0.25) is 4.99 Å². The first kappa shape index (κ1) is 21.3. The third-order valence-electron chi connectivity index (χ3n) is 4.61. The molecule has 0 aliphatic rings. The Labute approximate surface area is 174 Å². The fraction of sp³-hybridized carbons (Fsp3) is 0.273. The van der Waals surface area contributed by atoms with Crippen molar-refractivity contribution in [1.29, 1.82) is 0 Å². The van der Waals surface area contributed by atoms with E-state index in [0.29, 0.717) is 25.5 Å². The Bertz CT molecular complexity index is 1000. The predicted octanol–water partition coefficient (Wildman–Crippen LogP) is 3.41. The summed E-state index contributed by atoms with van der Waals surface area (Å²) in [5.41, 5.74) is 2.52. The van der Waals surface area contributed by atoms with Crippen molar-refractivity contribution in [2.45, 2.75) is 13.0 Å². The Balaban J connectivity index is 1.53. The second-order valence-electron chi connectivity index (χ2n) is 6.78. The number of rotatable bonds is 7. The van der Waals surface area contributed by atoms with Gasteiger partial charge in [0, 0.05) is 39.8 Å². The number of aromatic nitrogens is 2. The highest BCUT2D eigenvalue weighted by Crippen LogP contribution is 2.18. The molecule has 1 heterocycles. The van der Waals surface area contributed by atoms with Gasteiger partial charge < -0.3 is 15.0 Å². The van der Waals surface area contributed by atoms with Gasteiger partial charge in [0.05, 0.1) is 18.5 Å². The number of ether oxygens (including phenoxy) is 1. The molecule has 30 heavy (non-hydrogen) atoms. The molecule has 8 heteroatoms. The van der Waals surface area contributed by atoms with Crippen LogP contribution in [-0.2, 0) is 13.0 Å². The van der Waals surface area contributed by atoms with E-state index in [1.807, 2.05) is 30.3 Å². The first-order valence-electron chi connectivity index (χ1n) is 9.55. The zero-order chi connectivity index (χ0) is 21.5. The molecule has 6 nitrogen and oxygen atoms in total. The van der Waals surface area contributed by atoms with E-state index in [-0.39, 0.29) is 17.4 Å².